The number of carbonyl (C=O) groups is 1. The minimum absolute atomic E-state index is 0.0688. The Morgan fingerprint density at radius 3 is 2.70 bits per heavy atom. The number of amides is 1. The highest BCUT2D eigenvalue weighted by Crippen LogP contribution is 2.31. The van der Waals surface area contributed by atoms with E-state index in [0.29, 0.717) is 15.7 Å². The van der Waals surface area contributed by atoms with Crippen LogP contribution in [0.5, 0.6) is 0 Å². The molecule has 3 rings (SSSR count). The molecule has 0 unspecified atom stereocenters. The molecule has 1 saturated heterocycles. The smallest absolute Gasteiger partial charge is 0.266 e. The molecule has 0 saturated carbocycles. The van der Waals surface area contributed by atoms with Gasteiger partial charge in [0.15, 0.2) is 5.13 Å². The van der Waals surface area contributed by atoms with Gasteiger partial charge in [-0.3, -0.25) is 4.79 Å². The molecule has 2 heterocycles. The number of thiazole rings is 1. The Hall–Kier alpha value is -1.64. The molecule has 0 aliphatic carbocycles. The van der Waals surface area contributed by atoms with Gasteiger partial charge in [-0.2, -0.15) is 0 Å². The number of nitrogens with zero attached hydrogens (tertiary/aromatic N) is 3. The second-order valence-electron chi connectivity index (χ2n) is 6.41. The zero-order valence-electron chi connectivity index (χ0n) is 15.3. The Balaban J connectivity index is 1.84. The molecule has 1 fully saturated rings. The summed E-state index contributed by atoms with van der Waals surface area (Å²) in [5.74, 6) is 0.0688. The van der Waals surface area contributed by atoms with Crippen molar-refractivity contribution in [1.29, 1.82) is 0 Å². The first kappa shape index (κ1) is 20.1. The van der Waals surface area contributed by atoms with Crippen LogP contribution in [-0.4, -0.2) is 43.8 Å². The first-order valence-corrected chi connectivity index (χ1v) is 11.5. The van der Waals surface area contributed by atoms with Crippen LogP contribution < -0.4 is 4.31 Å². The molecule has 1 aliphatic heterocycles. The van der Waals surface area contributed by atoms with E-state index in [1.54, 1.807) is 38.2 Å². The minimum atomic E-state index is -3.79. The lowest BCUT2D eigenvalue weighted by atomic mass is 10.2. The van der Waals surface area contributed by atoms with E-state index in [1.165, 1.54) is 15.6 Å². The maximum absolute atomic E-state index is 13.1. The topological polar surface area (TPSA) is 70.6 Å². The Kier molecular flexibility index (Phi) is 6.08. The van der Waals surface area contributed by atoms with Crippen LogP contribution in [0.1, 0.15) is 30.2 Å². The summed E-state index contributed by atoms with van der Waals surface area (Å²) in [5, 5.41) is 0.768. The number of hydrogen-bond acceptors (Lipinski definition) is 5. The normalized spacial score (nSPS) is 14.6. The van der Waals surface area contributed by atoms with E-state index in [1.807, 2.05) is 4.90 Å². The lowest BCUT2D eigenvalue weighted by Gasteiger charge is -2.21. The highest BCUT2D eigenvalue weighted by Gasteiger charge is 2.28. The zero-order chi connectivity index (χ0) is 19.6. The van der Waals surface area contributed by atoms with E-state index >= 15 is 0 Å². The number of likely N-dealkylation sites (tertiary alicyclic amines) is 1. The number of sulfonamides is 1. The molecule has 6 nitrogen and oxygen atoms in total. The van der Waals surface area contributed by atoms with E-state index in [-0.39, 0.29) is 23.8 Å². The second kappa shape index (κ2) is 8.16. The number of benzene rings is 1. The molecular weight excluding hydrogens is 406 g/mol. The summed E-state index contributed by atoms with van der Waals surface area (Å²) in [5.41, 5.74) is 0.513. The molecule has 1 aromatic carbocycles. The average Bonchev–Trinajstić information content (AvgIpc) is 3.30. The van der Waals surface area contributed by atoms with Crippen molar-refractivity contribution in [2.24, 2.45) is 0 Å². The molecule has 1 aliphatic rings. The number of hydrogen-bond donors (Lipinski definition) is 0. The van der Waals surface area contributed by atoms with Gasteiger partial charge in [-0.25, -0.2) is 17.7 Å². The van der Waals surface area contributed by atoms with E-state index in [2.05, 4.69) is 4.98 Å². The molecule has 1 aromatic heterocycles. The highest BCUT2D eigenvalue weighted by molar-refractivity contribution is 7.93. The van der Waals surface area contributed by atoms with Crippen LogP contribution in [0.3, 0.4) is 0 Å². The number of halogens is 1. The molecule has 0 bridgehead atoms. The number of carbonyl (C=O) groups excluding carboxylic acids is 1. The Bertz CT molecular complexity index is 937. The standard InChI is InChI=1S/C18H22ClN3O3S2/c1-3-22(27(24,25)16-8-6-7-15(19)13(16)2)18-20-12-14(26-18)11-17(23)21-9-4-5-10-21/h6-8,12H,3-5,9-11H2,1-2H3. The third-order valence-corrected chi connectivity index (χ3v) is 8.17. The zero-order valence-corrected chi connectivity index (χ0v) is 17.7. The molecule has 27 heavy (non-hydrogen) atoms. The van der Waals surface area contributed by atoms with Crippen molar-refractivity contribution < 1.29 is 13.2 Å². The van der Waals surface area contributed by atoms with Crippen LogP contribution in [0.2, 0.25) is 5.02 Å². The van der Waals surface area contributed by atoms with Gasteiger partial charge in [0.2, 0.25) is 5.91 Å². The second-order valence-corrected chi connectivity index (χ2v) is 9.74. The molecule has 0 spiro atoms. The maximum Gasteiger partial charge on any atom is 0.266 e. The predicted molar refractivity (Wildman–Crippen MR) is 108 cm³/mol. The summed E-state index contributed by atoms with van der Waals surface area (Å²) in [6.07, 6.45) is 3.93. The quantitative estimate of drug-likeness (QED) is 0.707. The Morgan fingerprint density at radius 2 is 2.04 bits per heavy atom. The van der Waals surface area contributed by atoms with Crippen molar-refractivity contribution in [3.63, 3.8) is 0 Å². The van der Waals surface area contributed by atoms with Crippen LogP contribution in [0.15, 0.2) is 29.3 Å². The van der Waals surface area contributed by atoms with Crippen molar-refractivity contribution in [2.75, 3.05) is 23.9 Å². The van der Waals surface area contributed by atoms with Gasteiger partial charge in [0.1, 0.15) is 0 Å². The minimum Gasteiger partial charge on any atom is -0.342 e. The lowest BCUT2D eigenvalue weighted by molar-refractivity contribution is -0.129. The van der Waals surface area contributed by atoms with E-state index in [0.717, 1.165) is 30.8 Å². The first-order valence-electron chi connectivity index (χ1n) is 8.85. The molecule has 1 amide bonds. The van der Waals surface area contributed by atoms with Gasteiger partial charge in [-0.15, -0.1) is 11.3 Å². The van der Waals surface area contributed by atoms with Crippen molar-refractivity contribution in [3.8, 4) is 0 Å². The summed E-state index contributed by atoms with van der Waals surface area (Å²) in [6, 6.07) is 4.83. The molecule has 9 heteroatoms. The van der Waals surface area contributed by atoms with Crippen LogP contribution in [0.4, 0.5) is 5.13 Å². The van der Waals surface area contributed by atoms with Crippen molar-refractivity contribution >= 4 is 44.0 Å². The highest BCUT2D eigenvalue weighted by atomic mass is 35.5. The fourth-order valence-corrected chi connectivity index (χ4v) is 6.20. The summed E-state index contributed by atoms with van der Waals surface area (Å²) in [6.45, 7) is 5.28. The SMILES string of the molecule is CCN(c1ncc(CC(=O)N2CCCC2)s1)S(=O)(=O)c1cccc(Cl)c1C. The monoisotopic (exact) mass is 427 g/mol. The van der Waals surface area contributed by atoms with Gasteiger partial charge in [-0.05, 0) is 44.4 Å². The number of rotatable bonds is 6. The van der Waals surface area contributed by atoms with Gasteiger partial charge in [0.25, 0.3) is 10.0 Å². The van der Waals surface area contributed by atoms with Crippen LogP contribution in [0, 0.1) is 6.92 Å². The van der Waals surface area contributed by atoms with Crippen LogP contribution in [-0.2, 0) is 21.2 Å². The lowest BCUT2D eigenvalue weighted by Crippen LogP contribution is -2.31. The van der Waals surface area contributed by atoms with Crippen molar-refractivity contribution in [2.45, 2.75) is 38.0 Å². The van der Waals surface area contributed by atoms with Gasteiger partial charge < -0.3 is 4.90 Å². The van der Waals surface area contributed by atoms with E-state index in [9.17, 15) is 13.2 Å². The summed E-state index contributed by atoms with van der Waals surface area (Å²) >= 11 is 7.34. The maximum atomic E-state index is 13.1. The van der Waals surface area contributed by atoms with Gasteiger partial charge in [-0.1, -0.05) is 17.7 Å². The van der Waals surface area contributed by atoms with E-state index in [4.69, 9.17) is 11.6 Å². The first-order chi connectivity index (χ1) is 12.8. The van der Waals surface area contributed by atoms with Crippen LogP contribution >= 0.6 is 22.9 Å². The largest absolute Gasteiger partial charge is 0.342 e. The molecule has 146 valence electrons. The Morgan fingerprint density at radius 1 is 1.33 bits per heavy atom. The molecular formula is C18H22ClN3O3S2. The van der Waals surface area contributed by atoms with E-state index < -0.39 is 10.0 Å². The molecule has 0 radical (unpaired) electrons. The van der Waals surface area contributed by atoms with Crippen molar-refractivity contribution in [3.05, 3.63) is 39.9 Å². The average molecular weight is 428 g/mol. The third kappa shape index (κ3) is 4.12. The Labute approximate surface area is 168 Å². The molecule has 0 N–H and O–H groups in total. The fraction of sp³-hybridized carbons (Fsp3) is 0.444. The summed E-state index contributed by atoms with van der Waals surface area (Å²) < 4.78 is 27.5. The van der Waals surface area contributed by atoms with Gasteiger partial charge >= 0.3 is 0 Å². The molecule has 0 atom stereocenters. The predicted octanol–water partition coefficient (Wildman–Crippen LogP) is 3.49. The molecule has 2 aromatic rings. The summed E-state index contributed by atoms with van der Waals surface area (Å²) in [7, 11) is -3.79. The van der Waals surface area contributed by atoms with Crippen LogP contribution in [0.25, 0.3) is 0 Å². The number of aromatic nitrogens is 1. The van der Waals surface area contributed by atoms with Gasteiger partial charge in [0, 0.05) is 35.7 Å². The summed E-state index contributed by atoms with van der Waals surface area (Å²) in [4.78, 5) is 19.4. The third-order valence-electron chi connectivity index (χ3n) is 4.61. The van der Waals surface area contributed by atoms with Crippen molar-refractivity contribution in [1.82, 2.24) is 9.88 Å². The van der Waals surface area contributed by atoms with Gasteiger partial charge in [0.05, 0.1) is 11.3 Å². The number of anilines is 1. The fourth-order valence-electron chi connectivity index (χ4n) is 3.12.